The SMILES string of the molecule is CCN(C(=O)CCN1C(=O)S/C(=C\c2ccc(F)cc2)C1=O)[C@H]1CCS(=O)(=O)C1. The van der Waals surface area contributed by atoms with Crippen molar-refractivity contribution < 1.29 is 27.2 Å². The smallest absolute Gasteiger partial charge is 0.293 e. The van der Waals surface area contributed by atoms with E-state index in [2.05, 4.69) is 0 Å². The Labute approximate surface area is 172 Å². The first-order valence-electron chi connectivity index (χ1n) is 9.21. The van der Waals surface area contributed by atoms with Crippen molar-refractivity contribution in [1.29, 1.82) is 0 Å². The molecule has 0 aliphatic carbocycles. The number of carbonyl (C=O) groups is 3. The molecule has 0 aromatic heterocycles. The number of halogens is 1. The molecule has 2 fully saturated rings. The number of imide groups is 1. The van der Waals surface area contributed by atoms with E-state index in [1.807, 2.05) is 0 Å². The second kappa shape index (κ2) is 8.66. The zero-order valence-electron chi connectivity index (χ0n) is 15.8. The molecule has 0 bridgehead atoms. The van der Waals surface area contributed by atoms with Crippen LogP contribution in [0.2, 0.25) is 0 Å². The summed E-state index contributed by atoms with van der Waals surface area (Å²) in [6.07, 6.45) is 1.85. The molecule has 0 radical (unpaired) electrons. The summed E-state index contributed by atoms with van der Waals surface area (Å²) in [6, 6.07) is 5.17. The van der Waals surface area contributed by atoms with Crippen molar-refractivity contribution in [1.82, 2.24) is 9.80 Å². The number of carbonyl (C=O) groups excluding carboxylic acids is 3. The van der Waals surface area contributed by atoms with Gasteiger partial charge in [0.05, 0.1) is 16.4 Å². The van der Waals surface area contributed by atoms with Gasteiger partial charge in [0.2, 0.25) is 5.91 Å². The predicted molar refractivity (Wildman–Crippen MR) is 108 cm³/mol. The molecule has 3 amide bonds. The number of rotatable bonds is 6. The van der Waals surface area contributed by atoms with Crippen molar-refractivity contribution >= 4 is 44.7 Å². The maximum atomic E-state index is 13.0. The molecule has 2 heterocycles. The molecular weight excluding hydrogens is 419 g/mol. The number of hydrogen-bond donors (Lipinski definition) is 0. The number of sulfone groups is 1. The highest BCUT2D eigenvalue weighted by Crippen LogP contribution is 2.32. The summed E-state index contributed by atoms with van der Waals surface area (Å²) < 4.78 is 36.4. The second-order valence-electron chi connectivity index (χ2n) is 6.87. The average Bonchev–Trinajstić information content (AvgIpc) is 3.15. The van der Waals surface area contributed by atoms with Crippen LogP contribution in [0.15, 0.2) is 29.2 Å². The fourth-order valence-electron chi connectivity index (χ4n) is 3.41. The van der Waals surface area contributed by atoms with Crippen LogP contribution in [0.25, 0.3) is 6.08 Å². The molecule has 1 aromatic carbocycles. The van der Waals surface area contributed by atoms with Crippen molar-refractivity contribution in [3.05, 3.63) is 40.6 Å². The lowest BCUT2D eigenvalue weighted by molar-refractivity contribution is -0.133. The van der Waals surface area contributed by atoms with Gasteiger partial charge in [-0.15, -0.1) is 0 Å². The molecule has 1 atom stereocenters. The Morgan fingerprint density at radius 1 is 1.31 bits per heavy atom. The van der Waals surface area contributed by atoms with Gasteiger partial charge in [0.15, 0.2) is 9.84 Å². The fraction of sp³-hybridized carbons (Fsp3) is 0.421. The van der Waals surface area contributed by atoms with Gasteiger partial charge in [0, 0.05) is 25.6 Å². The number of thioether (sulfide) groups is 1. The minimum atomic E-state index is -3.12. The van der Waals surface area contributed by atoms with Gasteiger partial charge >= 0.3 is 0 Å². The van der Waals surface area contributed by atoms with Crippen molar-refractivity contribution in [3.63, 3.8) is 0 Å². The van der Waals surface area contributed by atoms with Crippen molar-refractivity contribution in [2.24, 2.45) is 0 Å². The van der Waals surface area contributed by atoms with E-state index in [4.69, 9.17) is 0 Å². The maximum absolute atomic E-state index is 13.0. The Hall–Kier alpha value is -2.20. The zero-order valence-corrected chi connectivity index (χ0v) is 17.5. The fourth-order valence-corrected chi connectivity index (χ4v) is 6.01. The molecule has 29 heavy (non-hydrogen) atoms. The van der Waals surface area contributed by atoms with Crippen LogP contribution in [-0.2, 0) is 19.4 Å². The van der Waals surface area contributed by atoms with Crippen LogP contribution in [0.4, 0.5) is 9.18 Å². The maximum Gasteiger partial charge on any atom is 0.293 e. The van der Waals surface area contributed by atoms with Gasteiger partial charge < -0.3 is 4.90 Å². The van der Waals surface area contributed by atoms with E-state index in [9.17, 15) is 27.2 Å². The molecule has 7 nitrogen and oxygen atoms in total. The topological polar surface area (TPSA) is 91.8 Å². The van der Waals surface area contributed by atoms with Crippen molar-refractivity contribution in [2.45, 2.75) is 25.8 Å². The normalized spacial score (nSPS) is 22.5. The lowest BCUT2D eigenvalue weighted by Gasteiger charge is -2.27. The molecule has 1 aromatic rings. The molecule has 2 aliphatic rings. The molecule has 3 rings (SSSR count). The predicted octanol–water partition coefficient (Wildman–Crippen LogP) is 2.29. The third-order valence-electron chi connectivity index (χ3n) is 4.90. The highest BCUT2D eigenvalue weighted by atomic mass is 32.2. The van der Waals surface area contributed by atoms with Gasteiger partial charge in [-0.25, -0.2) is 12.8 Å². The third kappa shape index (κ3) is 5.05. The highest BCUT2D eigenvalue weighted by molar-refractivity contribution is 8.18. The Bertz CT molecular complexity index is 959. The first-order chi connectivity index (χ1) is 13.7. The van der Waals surface area contributed by atoms with Gasteiger partial charge in [-0.1, -0.05) is 12.1 Å². The van der Waals surface area contributed by atoms with Gasteiger partial charge in [0.1, 0.15) is 5.82 Å². The van der Waals surface area contributed by atoms with Crippen LogP contribution < -0.4 is 0 Å². The van der Waals surface area contributed by atoms with E-state index in [0.29, 0.717) is 18.5 Å². The van der Waals surface area contributed by atoms with E-state index in [1.165, 1.54) is 35.2 Å². The van der Waals surface area contributed by atoms with Crippen LogP contribution in [0.3, 0.4) is 0 Å². The largest absolute Gasteiger partial charge is 0.339 e. The van der Waals surface area contributed by atoms with E-state index in [-0.39, 0.29) is 41.3 Å². The molecule has 2 saturated heterocycles. The lowest BCUT2D eigenvalue weighted by Crippen LogP contribution is -2.42. The Morgan fingerprint density at radius 2 is 2.00 bits per heavy atom. The molecule has 0 saturated carbocycles. The third-order valence-corrected chi connectivity index (χ3v) is 7.56. The molecule has 2 aliphatic heterocycles. The Morgan fingerprint density at radius 3 is 2.59 bits per heavy atom. The molecule has 10 heteroatoms. The van der Waals surface area contributed by atoms with Crippen LogP contribution in [0, 0.1) is 5.82 Å². The first-order valence-corrected chi connectivity index (χ1v) is 11.8. The summed E-state index contributed by atoms with van der Waals surface area (Å²) in [5.74, 6) is -1.16. The standard InChI is InChI=1S/C19H21FN2O5S2/c1-2-21(15-8-10-29(26,27)12-15)17(23)7-9-22-18(24)16(28-19(22)25)11-13-3-5-14(20)6-4-13/h3-6,11,15H,2,7-10,12H2,1H3/b16-11-/t15-/m0/s1. The summed E-state index contributed by atoms with van der Waals surface area (Å²) >= 11 is 0.772. The number of amides is 3. The summed E-state index contributed by atoms with van der Waals surface area (Å²) in [6.45, 7) is 2.07. The Balaban J connectivity index is 1.62. The van der Waals surface area contributed by atoms with E-state index in [1.54, 1.807) is 6.92 Å². The summed E-state index contributed by atoms with van der Waals surface area (Å²) in [4.78, 5) is 40.0. The van der Waals surface area contributed by atoms with Crippen molar-refractivity contribution in [2.75, 3.05) is 24.6 Å². The minimum absolute atomic E-state index is 0.0471. The van der Waals surface area contributed by atoms with Crippen molar-refractivity contribution in [3.8, 4) is 0 Å². The molecule has 0 N–H and O–H groups in total. The highest BCUT2D eigenvalue weighted by Gasteiger charge is 2.37. The molecule has 0 spiro atoms. The van der Waals surface area contributed by atoms with Crippen LogP contribution in [0.5, 0.6) is 0 Å². The number of nitrogens with zero attached hydrogens (tertiary/aromatic N) is 2. The van der Waals surface area contributed by atoms with Gasteiger partial charge in [-0.2, -0.15) is 0 Å². The Kier molecular flexibility index (Phi) is 6.42. The summed E-state index contributed by atoms with van der Waals surface area (Å²) in [5, 5.41) is -0.470. The van der Waals surface area contributed by atoms with Gasteiger partial charge in [-0.3, -0.25) is 19.3 Å². The number of hydrogen-bond acceptors (Lipinski definition) is 6. The van der Waals surface area contributed by atoms with E-state index < -0.39 is 26.8 Å². The second-order valence-corrected chi connectivity index (χ2v) is 10.1. The summed E-state index contributed by atoms with van der Waals surface area (Å²) in [5.41, 5.74) is 0.590. The van der Waals surface area contributed by atoms with Crippen LogP contribution in [0.1, 0.15) is 25.3 Å². The average molecular weight is 441 g/mol. The molecule has 0 unspecified atom stereocenters. The van der Waals surface area contributed by atoms with E-state index in [0.717, 1.165) is 16.7 Å². The first kappa shape index (κ1) is 21.5. The van der Waals surface area contributed by atoms with Gasteiger partial charge in [0.25, 0.3) is 11.1 Å². The quantitative estimate of drug-likeness (QED) is 0.631. The van der Waals surface area contributed by atoms with E-state index >= 15 is 0 Å². The molecular formula is C19H21FN2O5S2. The monoisotopic (exact) mass is 440 g/mol. The van der Waals surface area contributed by atoms with Crippen LogP contribution in [-0.4, -0.2) is 65.9 Å². The minimum Gasteiger partial charge on any atom is -0.339 e. The number of benzene rings is 1. The molecule has 156 valence electrons. The van der Waals surface area contributed by atoms with Crippen LogP contribution >= 0.6 is 11.8 Å². The zero-order chi connectivity index (χ0) is 21.2. The summed E-state index contributed by atoms with van der Waals surface area (Å²) in [7, 11) is -3.12. The lowest BCUT2D eigenvalue weighted by atomic mass is 10.2. The van der Waals surface area contributed by atoms with Gasteiger partial charge in [-0.05, 0) is 48.9 Å².